The standard InChI is InChI=1S/C28H39N3O3/c1-6-31(7-2)16-10-11-20(3)30-28(32)18-24(23-15-14-21(33-4)17-27(23)34-5)25-19-29-26-13-9-8-12-22(25)26/h8-9,12-15,17,19-20,24,29H,6-7,10-11,16,18H2,1-5H3,(H,30,32)/t20-,24-/m0/s1. The van der Waals surface area contributed by atoms with E-state index in [0.29, 0.717) is 6.42 Å². The molecule has 0 unspecified atom stereocenters. The van der Waals surface area contributed by atoms with E-state index < -0.39 is 0 Å². The van der Waals surface area contributed by atoms with Crippen LogP contribution in [0.2, 0.25) is 0 Å². The van der Waals surface area contributed by atoms with Gasteiger partial charge >= 0.3 is 0 Å². The van der Waals surface area contributed by atoms with E-state index in [0.717, 1.165) is 66.0 Å². The van der Waals surface area contributed by atoms with Crippen molar-refractivity contribution in [2.45, 2.75) is 52.0 Å². The van der Waals surface area contributed by atoms with Crippen molar-refractivity contribution in [2.24, 2.45) is 0 Å². The summed E-state index contributed by atoms with van der Waals surface area (Å²) in [5, 5.41) is 4.34. The number of carbonyl (C=O) groups is 1. The monoisotopic (exact) mass is 465 g/mol. The van der Waals surface area contributed by atoms with Gasteiger partial charge in [-0.1, -0.05) is 38.1 Å². The van der Waals surface area contributed by atoms with Crippen molar-refractivity contribution < 1.29 is 14.3 Å². The van der Waals surface area contributed by atoms with Gasteiger partial charge < -0.3 is 24.7 Å². The van der Waals surface area contributed by atoms with Gasteiger partial charge in [-0.05, 0) is 57.1 Å². The van der Waals surface area contributed by atoms with Crippen LogP contribution >= 0.6 is 0 Å². The van der Waals surface area contributed by atoms with Crippen LogP contribution in [0.25, 0.3) is 10.9 Å². The molecule has 0 aliphatic carbocycles. The van der Waals surface area contributed by atoms with Gasteiger partial charge in [-0.2, -0.15) is 0 Å². The molecule has 2 N–H and O–H groups in total. The highest BCUT2D eigenvalue weighted by molar-refractivity contribution is 5.86. The Hall–Kier alpha value is -2.99. The molecule has 34 heavy (non-hydrogen) atoms. The highest BCUT2D eigenvalue weighted by Crippen LogP contribution is 2.39. The van der Waals surface area contributed by atoms with Gasteiger partial charge in [0.05, 0.1) is 14.2 Å². The first-order valence-electron chi connectivity index (χ1n) is 12.3. The fourth-order valence-corrected chi connectivity index (χ4v) is 4.63. The van der Waals surface area contributed by atoms with Gasteiger partial charge in [-0.15, -0.1) is 0 Å². The first kappa shape index (κ1) is 25.6. The van der Waals surface area contributed by atoms with Crippen molar-refractivity contribution in [3.63, 3.8) is 0 Å². The molecule has 0 radical (unpaired) electrons. The molecular formula is C28H39N3O3. The Morgan fingerprint density at radius 3 is 2.53 bits per heavy atom. The smallest absolute Gasteiger partial charge is 0.221 e. The number of nitrogens with zero attached hydrogens (tertiary/aromatic N) is 1. The second-order valence-corrected chi connectivity index (χ2v) is 8.79. The number of amides is 1. The van der Waals surface area contributed by atoms with Gasteiger partial charge in [0.25, 0.3) is 0 Å². The van der Waals surface area contributed by atoms with Gasteiger partial charge in [-0.25, -0.2) is 0 Å². The number of hydrogen-bond donors (Lipinski definition) is 2. The summed E-state index contributed by atoms with van der Waals surface area (Å²) < 4.78 is 11.1. The number of ether oxygens (including phenoxy) is 2. The maximum atomic E-state index is 13.2. The molecule has 0 saturated carbocycles. The number of para-hydroxylation sites is 1. The van der Waals surface area contributed by atoms with Crippen molar-refractivity contribution in [1.82, 2.24) is 15.2 Å². The van der Waals surface area contributed by atoms with Crippen LogP contribution in [0.15, 0.2) is 48.7 Å². The number of rotatable bonds is 13. The molecule has 1 heterocycles. The molecule has 1 amide bonds. The third-order valence-corrected chi connectivity index (χ3v) is 6.62. The quantitative estimate of drug-likeness (QED) is 0.358. The van der Waals surface area contributed by atoms with Gasteiger partial charge in [0.1, 0.15) is 11.5 Å². The van der Waals surface area contributed by atoms with Crippen LogP contribution in [0.1, 0.15) is 57.1 Å². The number of hydrogen-bond acceptors (Lipinski definition) is 4. The Labute approximate surface area is 203 Å². The van der Waals surface area contributed by atoms with E-state index in [9.17, 15) is 4.79 Å². The van der Waals surface area contributed by atoms with E-state index >= 15 is 0 Å². The number of carbonyl (C=O) groups excluding carboxylic acids is 1. The van der Waals surface area contributed by atoms with Crippen LogP contribution < -0.4 is 14.8 Å². The Balaban J connectivity index is 1.81. The maximum Gasteiger partial charge on any atom is 0.221 e. The molecule has 184 valence electrons. The number of benzene rings is 2. The van der Waals surface area contributed by atoms with Gasteiger partial charge in [-0.3, -0.25) is 4.79 Å². The maximum absolute atomic E-state index is 13.2. The van der Waals surface area contributed by atoms with E-state index in [-0.39, 0.29) is 17.9 Å². The minimum Gasteiger partial charge on any atom is -0.497 e. The lowest BCUT2D eigenvalue weighted by Crippen LogP contribution is -2.34. The predicted molar refractivity (Wildman–Crippen MR) is 139 cm³/mol. The summed E-state index contributed by atoms with van der Waals surface area (Å²) in [5.41, 5.74) is 3.11. The van der Waals surface area contributed by atoms with Crippen LogP contribution in [0.4, 0.5) is 0 Å². The lowest BCUT2D eigenvalue weighted by molar-refractivity contribution is -0.121. The minimum atomic E-state index is -0.153. The van der Waals surface area contributed by atoms with Crippen molar-refractivity contribution in [3.05, 3.63) is 59.8 Å². The summed E-state index contributed by atoms with van der Waals surface area (Å²) in [6.07, 6.45) is 4.39. The Bertz CT molecular complexity index is 1060. The van der Waals surface area contributed by atoms with Crippen molar-refractivity contribution in [3.8, 4) is 11.5 Å². The van der Waals surface area contributed by atoms with E-state index in [2.05, 4.69) is 48.1 Å². The van der Waals surface area contributed by atoms with Gasteiger partial charge in [0, 0.05) is 47.1 Å². The number of aromatic nitrogens is 1. The molecule has 6 nitrogen and oxygen atoms in total. The number of nitrogens with one attached hydrogen (secondary N) is 2. The van der Waals surface area contributed by atoms with Crippen molar-refractivity contribution in [2.75, 3.05) is 33.9 Å². The molecule has 2 atom stereocenters. The molecule has 0 bridgehead atoms. The van der Waals surface area contributed by atoms with Crippen LogP contribution in [-0.4, -0.2) is 55.7 Å². The fourth-order valence-electron chi connectivity index (χ4n) is 4.63. The molecule has 0 aliphatic rings. The summed E-state index contributed by atoms with van der Waals surface area (Å²) in [6.45, 7) is 9.66. The first-order valence-corrected chi connectivity index (χ1v) is 12.3. The molecular weight excluding hydrogens is 426 g/mol. The van der Waals surface area contributed by atoms with E-state index in [1.54, 1.807) is 14.2 Å². The topological polar surface area (TPSA) is 66.6 Å². The summed E-state index contributed by atoms with van der Waals surface area (Å²) in [5.74, 6) is 1.34. The third kappa shape index (κ3) is 6.32. The molecule has 3 aromatic rings. The summed E-state index contributed by atoms with van der Waals surface area (Å²) in [4.78, 5) is 19.0. The zero-order valence-corrected chi connectivity index (χ0v) is 21.2. The van der Waals surface area contributed by atoms with Crippen LogP contribution in [0.5, 0.6) is 11.5 Å². The number of fused-ring (bicyclic) bond motifs is 1. The largest absolute Gasteiger partial charge is 0.497 e. The summed E-state index contributed by atoms with van der Waals surface area (Å²) in [7, 11) is 3.29. The second-order valence-electron chi connectivity index (χ2n) is 8.79. The normalized spacial score (nSPS) is 13.1. The minimum absolute atomic E-state index is 0.0449. The zero-order chi connectivity index (χ0) is 24.5. The molecule has 0 aliphatic heterocycles. The Morgan fingerprint density at radius 2 is 1.82 bits per heavy atom. The molecule has 6 heteroatoms. The van der Waals surface area contributed by atoms with Gasteiger partial charge in [0.2, 0.25) is 5.91 Å². The Kier molecular flexibility index (Phi) is 9.40. The lowest BCUT2D eigenvalue weighted by Gasteiger charge is -2.22. The molecule has 2 aromatic carbocycles. The lowest BCUT2D eigenvalue weighted by atomic mass is 9.87. The van der Waals surface area contributed by atoms with E-state index in [4.69, 9.17) is 9.47 Å². The number of methoxy groups -OCH3 is 2. The summed E-state index contributed by atoms with van der Waals surface area (Å²) in [6, 6.07) is 14.1. The molecule has 3 rings (SSSR count). The highest BCUT2D eigenvalue weighted by Gasteiger charge is 2.25. The first-order chi connectivity index (χ1) is 16.5. The third-order valence-electron chi connectivity index (χ3n) is 6.62. The molecule has 0 spiro atoms. The van der Waals surface area contributed by atoms with E-state index in [1.807, 2.05) is 36.5 Å². The number of H-pyrrole nitrogens is 1. The average Bonchev–Trinajstić information content (AvgIpc) is 3.29. The molecule has 0 saturated heterocycles. The molecule has 0 fully saturated rings. The Morgan fingerprint density at radius 1 is 1.06 bits per heavy atom. The SMILES string of the molecule is CCN(CC)CCC[C@H](C)NC(=O)C[C@@H](c1ccc(OC)cc1OC)c1c[nH]c2ccccc12. The predicted octanol–water partition coefficient (Wildman–Crippen LogP) is 5.33. The average molecular weight is 466 g/mol. The number of aromatic amines is 1. The van der Waals surface area contributed by atoms with Crippen LogP contribution in [-0.2, 0) is 4.79 Å². The van der Waals surface area contributed by atoms with Crippen molar-refractivity contribution in [1.29, 1.82) is 0 Å². The zero-order valence-electron chi connectivity index (χ0n) is 21.2. The molecule has 1 aromatic heterocycles. The summed E-state index contributed by atoms with van der Waals surface area (Å²) >= 11 is 0. The fraction of sp³-hybridized carbons (Fsp3) is 0.464. The van der Waals surface area contributed by atoms with Gasteiger partial charge in [0.15, 0.2) is 0 Å². The second kappa shape index (κ2) is 12.5. The van der Waals surface area contributed by atoms with Crippen molar-refractivity contribution >= 4 is 16.8 Å². The van der Waals surface area contributed by atoms with E-state index in [1.165, 1.54) is 0 Å². The highest BCUT2D eigenvalue weighted by atomic mass is 16.5. The van der Waals surface area contributed by atoms with Crippen LogP contribution in [0.3, 0.4) is 0 Å². The van der Waals surface area contributed by atoms with Crippen LogP contribution in [0, 0.1) is 0 Å².